The van der Waals surface area contributed by atoms with E-state index in [-0.39, 0.29) is 5.82 Å². The van der Waals surface area contributed by atoms with Crippen molar-refractivity contribution in [1.29, 1.82) is 0 Å². The van der Waals surface area contributed by atoms with Gasteiger partial charge in [0.25, 0.3) is 0 Å². The molecule has 1 fully saturated rings. The fourth-order valence-corrected chi connectivity index (χ4v) is 2.51. The topological polar surface area (TPSA) is 39.7 Å². The lowest BCUT2D eigenvalue weighted by atomic mass is 10.1. The average molecular weight is 320 g/mol. The molecule has 128 valence electrons. The van der Waals surface area contributed by atoms with Crippen LogP contribution < -0.4 is 10.6 Å². The predicted molar refractivity (Wildman–Crippen MR) is 94.3 cm³/mol. The molecule has 1 aliphatic carbocycles. The van der Waals surface area contributed by atoms with Crippen LogP contribution >= 0.6 is 0 Å². The second-order valence-electron chi connectivity index (χ2n) is 6.27. The van der Waals surface area contributed by atoms with Crippen LogP contribution in [0, 0.1) is 5.82 Å². The minimum atomic E-state index is -0.189. The van der Waals surface area contributed by atoms with Gasteiger partial charge in [-0.15, -0.1) is 0 Å². The number of rotatable bonds is 8. The van der Waals surface area contributed by atoms with Crippen molar-refractivity contribution in [3.05, 3.63) is 35.6 Å². The van der Waals surface area contributed by atoms with Gasteiger partial charge in [-0.05, 0) is 57.9 Å². The molecule has 0 bridgehead atoms. The number of hydrogen-bond donors (Lipinski definition) is 2. The third kappa shape index (κ3) is 6.18. The Kier molecular flexibility index (Phi) is 6.84. The summed E-state index contributed by atoms with van der Waals surface area (Å²) in [7, 11) is 2.19. The van der Waals surface area contributed by atoms with E-state index in [0.29, 0.717) is 6.04 Å². The average Bonchev–Trinajstić information content (AvgIpc) is 3.38. The van der Waals surface area contributed by atoms with Crippen molar-refractivity contribution in [1.82, 2.24) is 15.5 Å². The Labute approximate surface area is 139 Å². The molecular formula is C18H29FN4. The maximum absolute atomic E-state index is 12.9. The maximum Gasteiger partial charge on any atom is 0.191 e. The van der Waals surface area contributed by atoms with E-state index in [2.05, 4.69) is 41.4 Å². The molecule has 1 aromatic carbocycles. The molecule has 1 atom stereocenters. The highest BCUT2D eigenvalue weighted by Gasteiger charge is 2.28. The summed E-state index contributed by atoms with van der Waals surface area (Å²) < 4.78 is 12.9. The summed E-state index contributed by atoms with van der Waals surface area (Å²) in [5, 5.41) is 6.63. The Morgan fingerprint density at radius 1 is 1.30 bits per heavy atom. The van der Waals surface area contributed by atoms with Gasteiger partial charge in [-0.1, -0.05) is 12.1 Å². The second-order valence-corrected chi connectivity index (χ2v) is 6.27. The Hall–Kier alpha value is -1.62. The highest BCUT2D eigenvalue weighted by molar-refractivity contribution is 5.79. The van der Waals surface area contributed by atoms with E-state index in [1.54, 1.807) is 0 Å². The van der Waals surface area contributed by atoms with Crippen LogP contribution in [0.4, 0.5) is 4.39 Å². The fourth-order valence-electron chi connectivity index (χ4n) is 2.51. The molecular weight excluding hydrogens is 291 g/mol. The van der Waals surface area contributed by atoms with Crippen LogP contribution in [-0.4, -0.2) is 49.6 Å². The summed E-state index contributed by atoms with van der Waals surface area (Å²) in [5.41, 5.74) is 1.12. The lowest BCUT2D eigenvalue weighted by molar-refractivity contribution is 0.253. The monoisotopic (exact) mass is 320 g/mol. The van der Waals surface area contributed by atoms with Crippen LogP contribution in [0.2, 0.25) is 0 Å². The zero-order valence-corrected chi connectivity index (χ0v) is 14.5. The fraction of sp³-hybridized carbons (Fsp3) is 0.611. The molecule has 0 radical (unpaired) electrons. The lowest BCUT2D eigenvalue weighted by Gasteiger charge is -2.23. The van der Waals surface area contributed by atoms with Crippen molar-refractivity contribution >= 4 is 5.96 Å². The van der Waals surface area contributed by atoms with Crippen molar-refractivity contribution in [3.8, 4) is 0 Å². The first-order valence-corrected chi connectivity index (χ1v) is 8.58. The molecule has 0 aromatic heterocycles. The smallest absolute Gasteiger partial charge is 0.191 e. The summed E-state index contributed by atoms with van der Waals surface area (Å²) in [5.74, 6) is 0.663. The van der Waals surface area contributed by atoms with Crippen LogP contribution in [-0.2, 0) is 6.42 Å². The van der Waals surface area contributed by atoms with E-state index in [4.69, 9.17) is 0 Å². The minimum Gasteiger partial charge on any atom is -0.357 e. The van der Waals surface area contributed by atoms with E-state index >= 15 is 0 Å². The van der Waals surface area contributed by atoms with Gasteiger partial charge in [0, 0.05) is 25.2 Å². The highest BCUT2D eigenvalue weighted by atomic mass is 19.1. The number of guanidine groups is 1. The first kappa shape index (κ1) is 17.7. The SMILES string of the molecule is CCNC(=NCC(C)N(C)C1CC1)NCCc1ccc(F)cc1. The molecule has 1 saturated carbocycles. The summed E-state index contributed by atoms with van der Waals surface area (Å²) in [6.07, 6.45) is 3.49. The van der Waals surface area contributed by atoms with Crippen molar-refractivity contribution in [2.24, 2.45) is 4.99 Å². The standard InChI is InChI=1S/C18H29FN4/c1-4-20-18(22-13-14(2)23(3)17-9-10-17)21-12-11-15-5-7-16(19)8-6-15/h5-8,14,17H,4,9-13H2,1-3H3,(H2,20,21,22). The van der Waals surface area contributed by atoms with Crippen LogP contribution in [0.15, 0.2) is 29.3 Å². The van der Waals surface area contributed by atoms with Crippen LogP contribution in [0.25, 0.3) is 0 Å². The quantitative estimate of drug-likeness (QED) is 0.571. The predicted octanol–water partition coefficient (Wildman–Crippen LogP) is 2.41. The number of likely N-dealkylation sites (N-methyl/N-ethyl adjacent to an activating group) is 1. The molecule has 0 heterocycles. The molecule has 1 unspecified atom stereocenters. The van der Waals surface area contributed by atoms with Gasteiger partial charge in [-0.3, -0.25) is 9.89 Å². The molecule has 0 saturated heterocycles. The molecule has 4 nitrogen and oxygen atoms in total. The van der Waals surface area contributed by atoms with E-state index in [1.807, 2.05) is 12.1 Å². The van der Waals surface area contributed by atoms with Crippen molar-refractivity contribution in [2.45, 2.75) is 45.2 Å². The van der Waals surface area contributed by atoms with Crippen LogP contribution in [0.1, 0.15) is 32.3 Å². The van der Waals surface area contributed by atoms with Crippen LogP contribution in [0.3, 0.4) is 0 Å². The normalized spacial score (nSPS) is 16.5. The molecule has 23 heavy (non-hydrogen) atoms. The Bertz CT molecular complexity index is 496. The molecule has 2 N–H and O–H groups in total. The van der Waals surface area contributed by atoms with Gasteiger partial charge in [-0.25, -0.2) is 4.39 Å². The number of nitrogens with one attached hydrogen (secondary N) is 2. The van der Waals surface area contributed by atoms with E-state index in [1.165, 1.54) is 25.0 Å². The third-order valence-corrected chi connectivity index (χ3v) is 4.30. The zero-order valence-electron chi connectivity index (χ0n) is 14.5. The summed E-state index contributed by atoms with van der Waals surface area (Å²) >= 11 is 0. The number of hydrogen-bond acceptors (Lipinski definition) is 2. The van der Waals surface area contributed by atoms with Gasteiger partial charge >= 0.3 is 0 Å². The zero-order chi connectivity index (χ0) is 16.7. The number of halogens is 1. The molecule has 1 aliphatic rings. The van der Waals surface area contributed by atoms with Gasteiger partial charge in [0.05, 0.1) is 6.54 Å². The largest absolute Gasteiger partial charge is 0.357 e. The van der Waals surface area contributed by atoms with Crippen LogP contribution in [0.5, 0.6) is 0 Å². The molecule has 0 spiro atoms. The van der Waals surface area contributed by atoms with Gasteiger partial charge in [0.2, 0.25) is 0 Å². The third-order valence-electron chi connectivity index (χ3n) is 4.30. The Balaban J connectivity index is 1.77. The van der Waals surface area contributed by atoms with Gasteiger partial charge in [0.15, 0.2) is 5.96 Å². The van der Waals surface area contributed by atoms with Gasteiger partial charge in [0.1, 0.15) is 5.82 Å². The summed E-state index contributed by atoms with van der Waals surface area (Å²) in [6.45, 7) is 6.71. The molecule has 0 aliphatic heterocycles. The Morgan fingerprint density at radius 3 is 2.61 bits per heavy atom. The highest BCUT2D eigenvalue weighted by Crippen LogP contribution is 2.26. The summed E-state index contributed by atoms with van der Waals surface area (Å²) in [6, 6.07) is 7.87. The van der Waals surface area contributed by atoms with E-state index < -0.39 is 0 Å². The van der Waals surface area contributed by atoms with Crippen molar-refractivity contribution in [2.75, 3.05) is 26.7 Å². The maximum atomic E-state index is 12.9. The number of benzene rings is 1. The second kappa shape index (κ2) is 8.87. The summed E-state index contributed by atoms with van der Waals surface area (Å²) in [4.78, 5) is 7.10. The molecule has 0 amide bonds. The number of aliphatic imine (C=N–C) groups is 1. The van der Waals surface area contributed by atoms with Crippen molar-refractivity contribution < 1.29 is 4.39 Å². The number of nitrogens with zero attached hydrogens (tertiary/aromatic N) is 2. The molecule has 2 rings (SSSR count). The van der Waals surface area contributed by atoms with Crippen molar-refractivity contribution in [3.63, 3.8) is 0 Å². The van der Waals surface area contributed by atoms with E-state index in [9.17, 15) is 4.39 Å². The molecule has 5 heteroatoms. The van der Waals surface area contributed by atoms with Gasteiger partial charge in [-0.2, -0.15) is 0 Å². The van der Waals surface area contributed by atoms with Gasteiger partial charge < -0.3 is 10.6 Å². The first-order chi connectivity index (χ1) is 11.1. The molecule has 1 aromatic rings. The Morgan fingerprint density at radius 2 is 2.00 bits per heavy atom. The van der Waals surface area contributed by atoms with E-state index in [0.717, 1.165) is 43.6 Å². The first-order valence-electron chi connectivity index (χ1n) is 8.58. The minimum absolute atomic E-state index is 0.189. The lowest BCUT2D eigenvalue weighted by Crippen LogP contribution is -2.40.